The summed E-state index contributed by atoms with van der Waals surface area (Å²) in [5.41, 5.74) is 2.39. The quantitative estimate of drug-likeness (QED) is 0.415. The third kappa shape index (κ3) is 5.84. The van der Waals surface area contributed by atoms with E-state index in [0.29, 0.717) is 25.1 Å². The van der Waals surface area contributed by atoms with Gasteiger partial charge < -0.3 is 25.2 Å². The number of likely N-dealkylation sites (tertiary alicyclic amines) is 2. The molecule has 186 valence electrons. The number of H-pyrrole nitrogens is 1. The molecule has 0 radical (unpaired) electrons. The summed E-state index contributed by atoms with van der Waals surface area (Å²) >= 11 is 0. The van der Waals surface area contributed by atoms with Crippen molar-refractivity contribution in [2.45, 2.75) is 30.9 Å². The van der Waals surface area contributed by atoms with Crippen molar-refractivity contribution in [2.75, 3.05) is 26.2 Å². The van der Waals surface area contributed by atoms with Crippen molar-refractivity contribution in [3.05, 3.63) is 66.0 Å². The van der Waals surface area contributed by atoms with Crippen LogP contribution in [0.4, 0.5) is 0 Å². The fourth-order valence-corrected chi connectivity index (χ4v) is 4.89. The van der Waals surface area contributed by atoms with E-state index in [1.165, 1.54) is 0 Å². The molecule has 0 bridgehead atoms. The summed E-state index contributed by atoms with van der Waals surface area (Å²) in [6, 6.07) is 15.4. The van der Waals surface area contributed by atoms with E-state index >= 15 is 0 Å². The van der Waals surface area contributed by atoms with Crippen LogP contribution in [0.5, 0.6) is 0 Å². The second kappa shape index (κ2) is 12.1. The van der Waals surface area contributed by atoms with Gasteiger partial charge in [0.15, 0.2) is 0 Å². The Morgan fingerprint density at radius 3 is 2.34 bits per heavy atom. The molecule has 2 fully saturated rings. The number of carbonyl (C=O) groups is 3. The molecule has 2 aliphatic rings. The summed E-state index contributed by atoms with van der Waals surface area (Å²) in [7, 11) is 0. The highest BCUT2D eigenvalue weighted by Gasteiger charge is 2.47. The number of hydrogen-bond donors (Lipinski definition) is 4. The number of fused-ring (bicyclic) bond motifs is 1. The van der Waals surface area contributed by atoms with Crippen molar-refractivity contribution >= 4 is 29.9 Å². The van der Waals surface area contributed by atoms with Crippen molar-refractivity contribution in [3.8, 4) is 0 Å². The van der Waals surface area contributed by atoms with Gasteiger partial charge >= 0.3 is 0 Å². The Kier molecular flexibility index (Phi) is 8.93. The van der Waals surface area contributed by atoms with Crippen LogP contribution in [0.2, 0.25) is 0 Å². The highest BCUT2D eigenvalue weighted by atomic mass is 16.3. The molecule has 0 aliphatic carbocycles. The van der Waals surface area contributed by atoms with Gasteiger partial charge in [0.25, 0.3) is 18.9 Å². The Morgan fingerprint density at radius 1 is 1.03 bits per heavy atom. The van der Waals surface area contributed by atoms with Crippen molar-refractivity contribution in [1.29, 1.82) is 0 Å². The highest BCUT2D eigenvalue weighted by Crippen LogP contribution is 2.37. The summed E-state index contributed by atoms with van der Waals surface area (Å²) in [6.07, 6.45) is 4.47. The maximum Gasteiger partial charge on any atom is 0.290 e. The SMILES string of the molecule is O=C(c1ccc2nc[nH]c2c1)N1CC[C@](O)(c2ccccc2)[C@H](N2CCCC2)C1.O=CO.O=CO. The zero-order valence-corrected chi connectivity index (χ0v) is 19.3. The molecular formula is C25H30N4O6. The summed E-state index contributed by atoms with van der Waals surface area (Å²) in [4.78, 5) is 41.6. The maximum absolute atomic E-state index is 13.3. The van der Waals surface area contributed by atoms with Crippen LogP contribution in [0.1, 0.15) is 35.2 Å². The van der Waals surface area contributed by atoms with Gasteiger partial charge in [-0.25, -0.2) is 4.98 Å². The van der Waals surface area contributed by atoms with E-state index in [9.17, 15) is 9.90 Å². The van der Waals surface area contributed by atoms with E-state index in [-0.39, 0.29) is 24.9 Å². The molecule has 2 aliphatic heterocycles. The Bertz CT molecular complexity index is 1110. The van der Waals surface area contributed by atoms with Crippen LogP contribution in [0.25, 0.3) is 11.0 Å². The molecular weight excluding hydrogens is 452 g/mol. The van der Waals surface area contributed by atoms with Gasteiger partial charge in [-0.3, -0.25) is 19.3 Å². The third-order valence-corrected chi connectivity index (χ3v) is 6.52. The van der Waals surface area contributed by atoms with Gasteiger partial charge in [0.1, 0.15) is 5.60 Å². The van der Waals surface area contributed by atoms with Gasteiger partial charge in [0.2, 0.25) is 0 Å². The predicted octanol–water partition coefficient (Wildman–Crippen LogP) is 2.16. The first kappa shape index (κ1) is 25.9. The lowest BCUT2D eigenvalue weighted by atomic mass is 9.79. The summed E-state index contributed by atoms with van der Waals surface area (Å²) in [5, 5.41) is 25.5. The molecule has 3 heterocycles. The Labute approximate surface area is 202 Å². The van der Waals surface area contributed by atoms with E-state index in [1.54, 1.807) is 6.33 Å². The average molecular weight is 483 g/mol. The number of nitrogens with one attached hydrogen (secondary N) is 1. The lowest BCUT2D eigenvalue weighted by molar-refractivity contribution is -0.123. The van der Waals surface area contributed by atoms with Crippen LogP contribution in [0.3, 0.4) is 0 Å². The first-order valence-electron chi connectivity index (χ1n) is 11.4. The smallest absolute Gasteiger partial charge is 0.290 e. The van der Waals surface area contributed by atoms with E-state index in [2.05, 4.69) is 14.9 Å². The highest BCUT2D eigenvalue weighted by molar-refractivity contribution is 5.97. The number of hydrogen-bond acceptors (Lipinski definition) is 6. The fourth-order valence-electron chi connectivity index (χ4n) is 4.89. The van der Waals surface area contributed by atoms with E-state index in [1.807, 2.05) is 53.4 Å². The molecule has 35 heavy (non-hydrogen) atoms. The second-order valence-electron chi connectivity index (χ2n) is 8.40. The summed E-state index contributed by atoms with van der Waals surface area (Å²) in [6.45, 7) is 2.52. The van der Waals surface area contributed by atoms with Crippen LogP contribution in [0.15, 0.2) is 54.9 Å². The molecule has 1 aromatic heterocycles. The van der Waals surface area contributed by atoms with Crippen LogP contribution in [0, 0.1) is 0 Å². The number of carbonyl (C=O) groups excluding carboxylic acids is 1. The Hall–Kier alpha value is -3.76. The number of aromatic amines is 1. The first-order chi connectivity index (χ1) is 17.0. The van der Waals surface area contributed by atoms with E-state index in [4.69, 9.17) is 19.8 Å². The van der Waals surface area contributed by atoms with Gasteiger partial charge in [-0.1, -0.05) is 30.3 Å². The Morgan fingerprint density at radius 2 is 1.69 bits per heavy atom. The molecule has 2 saturated heterocycles. The second-order valence-corrected chi connectivity index (χ2v) is 8.40. The normalized spacial score (nSPS) is 21.9. The minimum absolute atomic E-state index is 0.0146. The Balaban J connectivity index is 0.000000520. The zero-order chi connectivity index (χ0) is 25.3. The monoisotopic (exact) mass is 482 g/mol. The molecule has 0 unspecified atom stereocenters. The average Bonchev–Trinajstić information content (AvgIpc) is 3.57. The van der Waals surface area contributed by atoms with Crippen molar-refractivity contribution in [3.63, 3.8) is 0 Å². The number of carboxylic acid groups (broad SMARTS) is 2. The number of benzene rings is 2. The summed E-state index contributed by atoms with van der Waals surface area (Å²) in [5.74, 6) is 0.0146. The van der Waals surface area contributed by atoms with Gasteiger partial charge in [0, 0.05) is 18.7 Å². The standard InChI is InChI=1S/C23H26N4O2.2CH2O2/c28-22(17-8-9-19-20(14-17)25-16-24-19)27-13-10-23(29,18-6-2-1-3-7-18)21(15-27)26-11-4-5-12-26;2*2-1-3/h1-3,6-9,14,16,21,29H,4-5,10-13,15H2,(H,24,25);2*1H,(H,2,3)/t21-,23+;;/m1../s1. The molecule has 10 nitrogen and oxygen atoms in total. The number of aliphatic hydroxyl groups is 1. The minimum atomic E-state index is -0.935. The van der Waals surface area contributed by atoms with Gasteiger partial charge in [-0.2, -0.15) is 0 Å². The van der Waals surface area contributed by atoms with E-state index in [0.717, 1.165) is 42.5 Å². The molecule has 2 aromatic carbocycles. The first-order valence-corrected chi connectivity index (χ1v) is 11.4. The van der Waals surface area contributed by atoms with Crippen LogP contribution in [-0.4, -0.2) is 86.2 Å². The number of imidazole rings is 1. The van der Waals surface area contributed by atoms with Gasteiger partial charge in [-0.05, 0) is 56.1 Å². The predicted molar refractivity (Wildman–Crippen MR) is 129 cm³/mol. The van der Waals surface area contributed by atoms with Crippen molar-refractivity contribution < 1.29 is 29.7 Å². The molecule has 10 heteroatoms. The lowest BCUT2D eigenvalue weighted by Crippen LogP contribution is -2.61. The largest absolute Gasteiger partial charge is 0.483 e. The number of piperidine rings is 1. The molecule has 0 saturated carbocycles. The molecule has 3 aromatic rings. The maximum atomic E-state index is 13.3. The molecule has 5 rings (SSSR count). The van der Waals surface area contributed by atoms with Crippen LogP contribution < -0.4 is 0 Å². The zero-order valence-electron chi connectivity index (χ0n) is 19.3. The van der Waals surface area contributed by atoms with Gasteiger partial charge in [-0.15, -0.1) is 0 Å². The van der Waals surface area contributed by atoms with Crippen LogP contribution in [-0.2, 0) is 15.2 Å². The van der Waals surface area contributed by atoms with Gasteiger partial charge in [0.05, 0.1) is 23.4 Å². The van der Waals surface area contributed by atoms with Crippen molar-refractivity contribution in [2.24, 2.45) is 0 Å². The number of amides is 1. The molecule has 4 N–H and O–H groups in total. The third-order valence-electron chi connectivity index (χ3n) is 6.52. The van der Waals surface area contributed by atoms with Crippen LogP contribution >= 0.6 is 0 Å². The molecule has 1 amide bonds. The number of rotatable bonds is 3. The summed E-state index contributed by atoms with van der Waals surface area (Å²) < 4.78 is 0. The minimum Gasteiger partial charge on any atom is -0.483 e. The topological polar surface area (TPSA) is 147 Å². The number of aromatic nitrogens is 2. The molecule has 0 spiro atoms. The molecule has 2 atom stereocenters. The van der Waals surface area contributed by atoms with E-state index < -0.39 is 5.60 Å². The van der Waals surface area contributed by atoms with Crippen molar-refractivity contribution in [1.82, 2.24) is 19.8 Å². The lowest BCUT2D eigenvalue weighted by Gasteiger charge is -2.48. The number of nitrogens with zero attached hydrogens (tertiary/aromatic N) is 3. The fraction of sp³-hybridized carbons (Fsp3) is 0.360.